The number of nitrogens with zero attached hydrogens (tertiary/aromatic N) is 2. The molecule has 2 heterocycles. The van der Waals surface area contributed by atoms with E-state index in [1.165, 1.54) is 22.5 Å². The van der Waals surface area contributed by atoms with Crippen molar-refractivity contribution in [2.24, 2.45) is 13.0 Å². The minimum absolute atomic E-state index is 0.00628. The van der Waals surface area contributed by atoms with Gasteiger partial charge in [-0.15, -0.1) is 11.8 Å². The molecule has 3 unspecified atom stereocenters. The van der Waals surface area contributed by atoms with Gasteiger partial charge in [0.2, 0.25) is 5.95 Å². The Morgan fingerprint density at radius 3 is 2.64 bits per heavy atom. The zero-order valence-electron chi connectivity index (χ0n) is 14.8. The Kier molecular flexibility index (Phi) is 4.20. The normalized spacial score (nSPS) is 24.9. The maximum atomic E-state index is 12.2. The number of benzene rings is 1. The summed E-state index contributed by atoms with van der Waals surface area (Å²) >= 11 is 1.90. The molecule has 1 N–H and O–H groups in total. The first-order valence-electron chi connectivity index (χ1n) is 8.77. The average molecular weight is 353 g/mol. The van der Waals surface area contributed by atoms with E-state index in [1.54, 1.807) is 24.7 Å². The second kappa shape index (κ2) is 6.37. The van der Waals surface area contributed by atoms with Crippen LogP contribution in [0.1, 0.15) is 42.0 Å². The summed E-state index contributed by atoms with van der Waals surface area (Å²) in [6.45, 7) is 2.25. The highest BCUT2D eigenvalue weighted by molar-refractivity contribution is 8.02. The zero-order chi connectivity index (χ0) is 17.6. The van der Waals surface area contributed by atoms with Crippen molar-refractivity contribution in [2.75, 3.05) is 18.1 Å². The molecule has 130 valence electrons. The fraction of sp³-hybridized carbons (Fsp3) is 0.400. The molecule has 1 aliphatic heterocycles. The number of aromatic nitrogens is 2. The van der Waals surface area contributed by atoms with Gasteiger partial charge in [-0.1, -0.05) is 31.2 Å². The van der Waals surface area contributed by atoms with Crippen molar-refractivity contribution in [1.82, 2.24) is 9.55 Å². The summed E-state index contributed by atoms with van der Waals surface area (Å²) in [5.74, 6) is 3.11. The summed E-state index contributed by atoms with van der Waals surface area (Å²) in [5, 5.41) is 5.29. The number of rotatable bonds is 4. The van der Waals surface area contributed by atoms with E-state index in [9.17, 15) is 4.79 Å². The summed E-state index contributed by atoms with van der Waals surface area (Å²) < 4.78 is 1.55. The van der Waals surface area contributed by atoms with Crippen LogP contribution in [0.15, 0.2) is 40.5 Å². The van der Waals surface area contributed by atoms with E-state index in [2.05, 4.69) is 46.9 Å². The molecule has 3 atom stereocenters. The van der Waals surface area contributed by atoms with Crippen molar-refractivity contribution in [3.63, 3.8) is 0 Å². The zero-order valence-corrected chi connectivity index (χ0v) is 15.6. The summed E-state index contributed by atoms with van der Waals surface area (Å²) in [6, 6.07) is 10.7. The molecule has 1 aliphatic carbocycles. The van der Waals surface area contributed by atoms with E-state index >= 15 is 0 Å². The van der Waals surface area contributed by atoms with Gasteiger partial charge in [-0.25, -0.2) is 4.98 Å². The quantitative estimate of drug-likeness (QED) is 0.908. The molecule has 1 aromatic heterocycles. The topological polar surface area (TPSA) is 46.9 Å². The predicted molar refractivity (Wildman–Crippen MR) is 105 cm³/mol. The maximum Gasteiger partial charge on any atom is 0.254 e. The number of nitrogens with one attached hydrogen (secondary N) is 1. The Hall–Kier alpha value is -2.01. The van der Waals surface area contributed by atoms with E-state index in [0.29, 0.717) is 23.7 Å². The highest BCUT2D eigenvalue weighted by atomic mass is 32.2. The third-order valence-corrected chi connectivity index (χ3v) is 6.37. The molecule has 1 aromatic carbocycles. The molecule has 0 amide bonds. The highest BCUT2D eigenvalue weighted by Gasteiger charge is 2.49. The second-order valence-electron chi connectivity index (χ2n) is 6.95. The smallest absolute Gasteiger partial charge is 0.254 e. The average Bonchev–Trinajstić information content (AvgIpc) is 3.04. The van der Waals surface area contributed by atoms with Gasteiger partial charge in [-0.2, -0.15) is 0 Å². The van der Waals surface area contributed by atoms with E-state index in [1.807, 2.05) is 11.8 Å². The molecule has 0 saturated heterocycles. The molecule has 5 heteroatoms. The first-order valence-corrected chi connectivity index (χ1v) is 9.81. The summed E-state index contributed by atoms with van der Waals surface area (Å²) in [6.07, 6.45) is 1.16. The van der Waals surface area contributed by atoms with Crippen LogP contribution in [0.2, 0.25) is 0 Å². The SMILES string of the molecule is CNc1nc(C2C(C)C2c2ccc(C3=CSCC3)cc2)cc(=O)n1C. The number of allylic oxidation sites excluding steroid dienone is 1. The largest absolute Gasteiger partial charge is 0.359 e. The third kappa shape index (κ3) is 2.91. The van der Waals surface area contributed by atoms with Crippen molar-refractivity contribution < 1.29 is 0 Å². The molecule has 1 fully saturated rings. The van der Waals surface area contributed by atoms with Crippen molar-refractivity contribution in [3.8, 4) is 0 Å². The van der Waals surface area contributed by atoms with Gasteiger partial charge in [0.15, 0.2) is 0 Å². The van der Waals surface area contributed by atoms with Crippen LogP contribution in [0, 0.1) is 5.92 Å². The van der Waals surface area contributed by atoms with Gasteiger partial charge in [0.1, 0.15) is 0 Å². The summed E-state index contributed by atoms with van der Waals surface area (Å²) in [5.41, 5.74) is 5.03. The van der Waals surface area contributed by atoms with Crippen LogP contribution in [-0.4, -0.2) is 22.4 Å². The van der Waals surface area contributed by atoms with Crippen molar-refractivity contribution >= 4 is 23.3 Å². The van der Waals surface area contributed by atoms with Crippen LogP contribution >= 0.6 is 11.8 Å². The fourth-order valence-electron chi connectivity index (χ4n) is 3.90. The number of thioether (sulfide) groups is 1. The molecule has 0 bridgehead atoms. The van der Waals surface area contributed by atoms with Crippen molar-refractivity contribution in [2.45, 2.75) is 25.2 Å². The first kappa shape index (κ1) is 16.5. The summed E-state index contributed by atoms with van der Waals surface area (Å²) in [7, 11) is 3.54. The van der Waals surface area contributed by atoms with E-state index in [-0.39, 0.29) is 5.56 Å². The van der Waals surface area contributed by atoms with Gasteiger partial charge >= 0.3 is 0 Å². The van der Waals surface area contributed by atoms with E-state index < -0.39 is 0 Å². The van der Waals surface area contributed by atoms with E-state index in [0.717, 1.165) is 12.1 Å². The van der Waals surface area contributed by atoms with Crippen molar-refractivity contribution in [3.05, 3.63) is 62.9 Å². The first-order chi connectivity index (χ1) is 12.1. The Morgan fingerprint density at radius 2 is 2.00 bits per heavy atom. The predicted octanol–water partition coefficient (Wildman–Crippen LogP) is 3.82. The Bertz CT molecular complexity index is 885. The molecular weight excluding hydrogens is 330 g/mol. The van der Waals surface area contributed by atoms with E-state index in [4.69, 9.17) is 0 Å². The molecule has 25 heavy (non-hydrogen) atoms. The lowest BCUT2D eigenvalue weighted by Crippen LogP contribution is -2.21. The highest BCUT2D eigenvalue weighted by Crippen LogP contribution is 2.59. The van der Waals surface area contributed by atoms with Gasteiger partial charge in [-0.3, -0.25) is 9.36 Å². The molecule has 0 radical (unpaired) electrons. The molecule has 0 spiro atoms. The molecule has 1 saturated carbocycles. The molecule has 2 aliphatic rings. The van der Waals surface area contributed by atoms with Crippen LogP contribution in [0.3, 0.4) is 0 Å². The molecule has 4 rings (SSSR count). The minimum Gasteiger partial charge on any atom is -0.359 e. The Labute approximate surface area is 152 Å². The summed E-state index contributed by atoms with van der Waals surface area (Å²) in [4.78, 5) is 16.8. The van der Waals surface area contributed by atoms with Crippen molar-refractivity contribution in [1.29, 1.82) is 0 Å². The molecule has 4 nitrogen and oxygen atoms in total. The van der Waals surface area contributed by atoms with Crippen LogP contribution in [0.25, 0.3) is 5.57 Å². The lowest BCUT2D eigenvalue weighted by molar-refractivity contribution is 0.795. The van der Waals surface area contributed by atoms with Gasteiger partial charge in [0.05, 0.1) is 5.69 Å². The standard InChI is InChI=1S/C20H23N3OS/c1-12-18(14-6-4-13(5-7-14)15-8-9-25-11-15)19(12)16-10-17(24)23(3)20(21-2)22-16/h4-7,10-12,18-19H,8-9H2,1-3H3,(H,21,22). The number of hydrogen-bond donors (Lipinski definition) is 1. The lowest BCUT2D eigenvalue weighted by atomic mass is 10.0. The van der Waals surface area contributed by atoms with Gasteiger partial charge < -0.3 is 5.32 Å². The van der Waals surface area contributed by atoms with Crippen LogP contribution in [-0.2, 0) is 7.05 Å². The van der Waals surface area contributed by atoms with Gasteiger partial charge in [-0.05, 0) is 40.4 Å². The third-order valence-electron chi connectivity index (χ3n) is 5.48. The van der Waals surface area contributed by atoms with Gasteiger partial charge in [0, 0.05) is 31.8 Å². The van der Waals surface area contributed by atoms with Crippen LogP contribution < -0.4 is 10.9 Å². The Morgan fingerprint density at radius 1 is 1.24 bits per heavy atom. The monoisotopic (exact) mass is 353 g/mol. The second-order valence-corrected chi connectivity index (χ2v) is 7.93. The fourth-order valence-corrected chi connectivity index (χ4v) is 4.81. The maximum absolute atomic E-state index is 12.2. The van der Waals surface area contributed by atoms with Gasteiger partial charge in [0.25, 0.3) is 5.56 Å². The van der Waals surface area contributed by atoms with Crippen LogP contribution in [0.4, 0.5) is 5.95 Å². The molecule has 2 aromatic rings. The lowest BCUT2D eigenvalue weighted by Gasteiger charge is -2.09. The minimum atomic E-state index is -0.00628. The Balaban J connectivity index is 1.59. The number of hydrogen-bond acceptors (Lipinski definition) is 4. The number of anilines is 1. The molecular formula is C20H23N3OS. The van der Waals surface area contributed by atoms with Crippen LogP contribution in [0.5, 0.6) is 0 Å².